The zero-order valence-corrected chi connectivity index (χ0v) is 10.2. The first-order chi connectivity index (χ1) is 7.04. The molecule has 0 bridgehead atoms. The van der Waals surface area contributed by atoms with Crippen molar-refractivity contribution in [1.82, 2.24) is 0 Å². The average Bonchev–Trinajstić information content (AvgIpc) is 2.12. The van der Waals surface area contributed by atoms with Crippen LogP contribution in [0, 0.1) is 5.92 Å². The molecule has 3 nitrogen and oxygen atoms in total. The Kier molecular flexibility index (Phi) is 4.74. The standard InChI is InChI=1S/C12H22O3/c1-5-14-12-10(13)7-11(12)15-9(4)6-8(2)3/h8-9,11-12H,5-7H2,1-4H3. The molecule has 0 amide bonds. The molecule has 3 atom stereocenters. The van der Waals surface area contributed by atoms with Crippen molar-refractivity contribution in [3.63, 3.8) is 0 Å². The summed E-state index contributed by atoms with van der Waals surface area (Å²) >= 11 is 0. The lowest BCUT2D eigenvalue weighted by atomic mass is 9.89. The van der Waals surface area contributed by atoms with E-state index in [-0.39, 0.29) is 24.1 Å². The minimum atomic E-state index is -0.301. The summed E-state index contributed by atoms with van der Waals surface area (Å²) in [6, 6.07) is 0. The van der Waals surface area contributed by atoms with Crippen molar-refractivity contribution >= 4 is 5.78 Å². The Morgan fingerprint density at radius 2 is 2.07 bits per heavy atom. The van der Waals surface area contributed by atoms with E-state index in [0.29, 0.717) is 18.9 Å². The zero-order chi connectivity index (χ0) is 11.4. The van der Waals surface area contributed by atoms with Crippen LogP contribution in [0.5, 0.6) is 0 Å². The maximum absolute atomic E-state index is 11.2. The van der Waals surface area contributed by atoms with E-state index in [2.05, 4.69) is 20.8 Å². The molecule has 0 aromatic rings. The highest BCUT2D eigenvalue weighted by atomic mass is 16.6. The van der Waals surface area contributed by atoms with Gasteiger partial charge in [-0.2, -0.15) is 0 Å². The third kappa shape index (κ3) is 3.58. The van der Waals surface area contributed by atoms with Crippen molar-refractivity contribution < 1.29 is 14.3 Å². The molecule has 0 aliphatic heterocycles. The summed E-state index contributed by atoms with van der Waals surface area (Å²) < 4.78 is 11.1. The van der Waals surface area contributed by atoms with Gasteiger partial charge >= 0.3 is 0 Å². The van der Waals surface area contributed by atoms with E-state index in [1.165, 1.54) is 0 Å². The minimum absolute atomic E-state index is 0.00815. The van der Waals surface area contributed by atoms with Gasteiger partial charge in [0, 0.05) is 13.0 Å². The predicted molar refractivity (Wildman–Crippen MR) is 58.8 cm³/mol. The van der Waals surface area contributed by atoms with Crippen LogP contribution in [0.4, 0.5) is 0 Å². The topological polar surface area (TPSA) is 35.5 Å². The lowest BCUT2D eigenvalue weighted by Crippen LogP contribution is -2.51. The van der Waals surface area contributed by atoms with Crippen molar-refractivity contribution in [2.75, 3.05) is 6.61 Å². The maximum atomic E-state index is 11.2. The molecule has 1 fully saturated rings. The van der Waals surface area contributed by atoms with Gasteiger partial charge in [-0.3, -0.25) is 4.79 Å². The second-order valence-corrected chi connectivity index (χ2v) is 4.66. The largest absolute Gasteiger partial charge is 0.372 e. The number of hydrogen-bond donors (Lipinski definition) is 0. The summed E-state index contributed by atoms with van der Waals surface area (Å²) in [6.07, 6.45) is 1.46. The highest BCUT2D eigenvalue weighted by molar-refractivity contribution is 5.90. The summed E-state index contributed by atoms with van der Waals surface area (Å²) in [7, 11) is 0. The predicted octanol–water partition coefficient (Wildman–Crippen LogP) is 2.18. The molecular formula is C12H22O3. The van der Waals surface area contributed by atoms with Gasteiger partial charge in [0.2, 0.25) is 0 Å². The summed E-state index contributed by atoms with van der Waals surface area (Å²) in [6.45, 7) is 8.89. The van der Waals surface area contributed by atoms with Gasteiger partial charge in [-0.1, -0.05) is 13.8 Å². The zero-order valence-electron chi connectivity index (χ0n) is 10.2. The van der Waals surface area contributed by atoms with Gasteiger partial charge in [-0.25, -0.2) is 0 Å². The highest BCUT2D eigenvalue weighted by Gasteiger charge is 2.42. The summed E-state index contributed by atoms with van der Waals surface area (Å²) in [5.74, 6) is 0.805. The van der Waals surface area contributed by atoms with Gasteiger partial charge in [-0.05, 0) is 26.2 Å². The van der Waals surface area contributed by atoms with E-state index in [4.69, 9.17) is 9.47 Å². The van der Waals surface area contributed by atoms with Gasteiger partial charge in [0.15, 0.2) is 5.78 Å². The first-order valence-corrected chi connectivity index (χ1v) is 5.84. The molecule has 0 radical (unpaired) electrons. The average molecular weight is 214 g/mol. The normalized spacial score (nSPS) is 27.9. The second kappa shape index (κ2) is 5.61. The van der Waals surface area contributed by atoms with Crippen LogP contribution in [0.25, 0.3) is 0 Å². The number of carbonyl (C=O) groups excluding carboxylic acids is 1. The number of Topliss-reactive ketones (excluding diaryl/α,β-unsaturated/α-hetero) is 1. The van der Waals surface area contributed by atoms with Gasteiger partial charge in [0.05, 0.1) is 12.2 Å². The third-order valence-corrected chi connectivity index (χ3v) is 2.61. The van der Waals surface area contributed by atoms with E-state index in [1.54, 1.807) is 0 Å². The quantitative estimate of drug-likeness (QED) is 0.680. The van der Waals surface area contributed by atoms with Crippen molar-refractivity contribution in [3.8, 4) is 0 Å². The number of carbonyl (C=O) groups is 1. The van der Waals surface area contributed by atoms with E-state index in [0.717, 1.165) is 6.42 Å². The number of ether oxygens (including phenoxy) is 2. The number of hydrogen-bond acceptors (Lipinski definition) is 3. The van der Waals surface area contributed by atoms with Gasteiger partial charge in [0.25, 0.3) is 0 Å². The molecule has 3 heteroatoms. The highest BCUT2D eigenvalue weighted by Crippen LogP contribution is 2.25. The smallest absolute Gasteiger partial charge is 0.166 e. The van der Waals surface area contributed by atoms with E-state index in [9.17, 15) is 4.79 Å². The summed E-state index contributed by atoms with van der Waals surface area (Å²) in [5, 5.41) is 0. The summed E-state index contributed by atoms with van der Waals surface area (Å²) in [5.41, 5.74) is 0. The molecule has 1 rings (SSSR count). The molecule has 88 valence electrons. The van der Waals surface area contributed by atoms with Crippen LogP contribution < -0.4 is 0 Å². The van der Waals surface area contributed by atoms with E-state index in [1.807, 2.05) is 6.92 Å². The Hall–Kier alpha value is -0.410. The fraction of sp³-hybridized carbons (Fsp3) is 0.917. The van der Waals surface area contributed by atoms with Crippen LogP contribution in [0.2, 0.25) is 0 Å². The molecule has 1 aliphatic carbocycles. The molecule has 1 saturated carbocycles. The van der Waals surface area contributed by atoms with Crippen molar-refractivity contribution in [1.29, 1.82) is 0 Å². The van der Waals surface area contributed by atoms with Crippen LogP contribution in [-0.2, 0) is 14.3 Å². The number of rotatable bonds is 6. The molecular weight excluding hydrogens is 192 g/mol. The summed E-state index contributed by atoms with van der Waals surface area (Å²) in [4.78, 5) is 11.2. The first kappa shape index (κ1) is 12.7. The van der Waals surface area contributed by atoms with Crippen LogP contribution >= 0.6 is 0 Å². The molecule has 0 N–H and O–H groups in total. The van der Waals surface area contributed by atoms with Crippen molar-refractivity contribution in [3.05, 3.63) is 0 Å². The Morgan fingerprint density at radius 3 is 2.53 bits per heavy atom. The van der Waals surface area contributed by atoms with Gasteiger partial charge in [0.1, 0.15) is 6.10 Å². The fourth-order valence-corrected chi connectivity index (χ4v) is 1.99. The van der Waals surface area contributed by atoms with Crippen LogP contribution in [0.3, 0.4) is 0 Å². The molecule has 15 heavy (non-hydrogen) atoms. The molecule has 0 saturated heterocycles. The van der Waals surface area contributed by atoms with E-state index < -0.39 is 0 Å². The lowest BCUT2D eigenvalue weighted by molar-refractivity contribution is -0.172. The van der Waals surface area contributed by atoms with Crippen molar-refractivity contribution in [2.45, 2.75) is 58.8 Å². The Bertz CT molecular complexity index is 213. The lowest BCUT2D eigenvalue weighted by Gasteiger charge is -2.36. The van der Waals surface area contributed by atoms with Crippen LogP contribution in [0.15, 0.2) is 0 Å². The monoisotopic (exact) mass is 214 g/mol. The molecule has 3 unspecified atom stereocenters. The molecule has 1 aliphatic rings. The fourth-order valence-electron chi connectivity index (χ4n) is 1.99. The minimum Gasteiger partial charge on any atom is -0.372 e. The van der Waals surface area contributed by atoms with Crippen LogP contribution in [0.1, 0.15) is 40.5 Å². The molecule has 0 heterocycles. The van der Waals surface area contributed by atoms with Crippen molar-refractivity contribution in [2.24, 2.45) is 5.92 Å². The second-order valence-electron chi connectivity index (χ2n) is 4.66. The SMILES string of the molecule is CCOC1C(=O)CC1OC(C)CC(C)C. The van der Waals surface area contributed by atoms with Gasteiger partial charge < -0.3 is 9.47 Å². The maximum Gasteiger partial charge on any atom is 0.166 e. The third-order valence-electron chi connectivity index (χ3n) is 2.61. The Labute approximate surface area is 92.1 Å². The Balaban J connectivity index is 2.29. The molecule has 0 aromatic carbocycles. The van der Waals surface area contributed by atoms with Gasteiger partial charge in [-0.15, -0.1) is 0 Å². The van der Waals surface area contributed by atoms with Crippen LogP contribution in [-0.4, -0.2) is 30.7 Å². The first-order valence-electron chi connectivity index (χ1n) is 5.84. The Morgan fingerprint density at radius 1 is 1.40 bits per heavy atom. The number of ketones is 1. The molecule has 0 spiro atoms. The van der Waals surface area contributed by atoms with E-state index >= 15 is 0 Å². The molecule has 0 aromatic heterocycles.